The molecular weight excluding hydrogens is 316 g/mol. The van der Waals surface area contributed by atoms with E-state index in [2.05, 4.69) is 19.1 Å². The first-order valence-corrected chi connectivity index (χ1v) is 10.3. The fraction of sp³-hybridized carbons (Fsp3) is 0.857. The lowest BCUT2D eigenvalue weighted by atomic mass is 10.1. The second kappa shape index (κ2) is 16.6. The van der Waals surface area contributed by atoms with Gasteiger partial charge in [0, 0.05) is 6.92 Å². The number of ether oxygens (including phenoxy) is 1. The SMILES string of the molecule is CCCCCCCCC=CCCCCCCCCOC(=O)C(C)(O)O. The van der Waals surface area contributed by atoms with Gasteiger partial charge in [0.15, 0.2) is 0 Å². The number of unbranched alkanes of at least 4 members (excludes halogenated alkanes) is 12. The highest BCUT2D eigenvalue weighted by atomic mass is 16.6. The first kappa shape index (κ1) is 24.1. The van der Waals surface area contributed by atoms with Crippen LogP contribution in [0.5, 0.6) is 0 Å². The molecule has 0 aromatic rings. The van der Waals surface area contributed by atoms with Crippen molar-refractivity contribution in [3.8, 4) is 0 Å². The monoisotopic (exact) mass is 356 g/mol. The van der Waals surface area contributed by atoms with Crippen LogP contribution in [0, 0.1) is 0 Å². The molecule has 0 aliphatic heterocycles. The summed E-state index contributed by atoms with van der Waals surface area (Å²) in [5.74, 6) is -3.34. The molecule has 148 valence electrons. The van der Waals surface area contributed by atoms with Gasteiger partial charge in [-0.1, -0.05) is 76.9 Å². The third-order valence-electron chi connectivity index (χ3n) is 4.28. The van der Waals surface area contributed by atoms with E-state index in [1.165, 1.54) is 70.6 Å². The van der Waals surface area contributed by atoms with Crippen LogP contribution in [0.25, 0.3) is 0 Å². The number of esters is 1. The van der Waals surface area contributed by atoms with Crippen LogP contribution in [0.3, 0.4) is 0 Å². The largest absolute Gasteiger partial charge is 0.462 e. The van der Waals surface area contributed by atoms with Crippen molar-refractivity contribution < 1.29 is 19.7 Å². The quantitative estimate of drug-likeness (QED) is 0.161. The number of hydrogen-bond acceptors (Lipinski definition) is 4. The van der Waals surface area contributed by atoms with Gasteiger partial charge in [-0.3, -0.25) is 0 Å². The molecule has 0 aliphatic rings. The average Bonchev–Trinajstić information content (AvgIpc) is 2.56. The van der Waals surface area contributed by atoms with Gasteiger partial charge < -0.3 is 14.9 Å². The first-order chi connectivity index (χ1) is 12.0. The minimum atomic E-state index is -2.37. The normalized spacial score (nSPS) is 12.0. The molecule has 0 rings (SSSR count). The lowest BCUT2D eigenvalue weighted by Gasteiger charge is -2.13. The summed E-state index contributed by atoms with van der Waals surface area (Å²) < 4.78 is 4.78. The summed E-state index contributed by atoms with van der Waals surface area (Å²) in [5, 5.41) is 18.0. The Morgan fingerprint density at radius 2 is 1.24 bits per heavy atom. The molecule has 0 aromatic carbocycles. The van der Waals surface area contributed by atoms with Gasteiger partial charge in [0.1, 0.15) is 0 Å². The predicted molar refractivity (Wildman–Crippen MR) is 103 cm³/mol. The lowest BCUT2D eigenvalue weighted by Crippen LogP contribution is -2.36. The summed E-state index contributed by atoms with van der Waals surface area (Å²) in [6, 6.07) is 0. The maximum absolute atomic E-state index is 11.1. The Kier molecular flexibility index (Phi) is 16.0. The number of hydrogen-bond donors (Lipinski definition) is 2. The number of allylic oxidation sites excluding steroid dienone is 2. The summed E-state index contributed by atoms with van der Waals surface area (Å²) in [6.45, 7) is 3.53. The zero-order valence-corrected chi connectivity index (χ0v) is 16.5. The fourth-order valence-electron chi connectivity index (χ4n) is 2.65. The second-order valence-corrected chi connectivity index (χ2v) is 7.09. The van der Waals surface area contributed by atoms with Crippen LogP contribution in [0.4, 0.5) is 0 Å². The Balaban J connectivity index is 3.21. The van der Waals surface area contributed by atoms with Gasteiger partial charge in [-0.15, -0.1) is 0 Å². The average molecular weight is 357 g/mol. The molecular formula is C21H40O4. The van der Waals surface area contributed by atoms with E-state index < -0.39 is 11.8 Å². The zero-order valence-electron chi connectivity index (χ0n) is 16.5. The second-order valence-electron chi connectivity index (χ2n) is 7.09. The highest BCUT2D eigenvalue weighted by Crippen LogP contribution is 2.10. The van der Waals surface area contributed by atoms with Crippen LogP contribution in [0.1, 0.15) is 104 Å². The Morgan fingerprint density at radius 1 is 0.800 bits per heavy atom. The third kappa shape index (κ3) is 17.7. The number of rotatable bonds is 17. The van der Waals surface area contributed by atoms with Gasteiger partial charge in [0.05, 0.1) is 6.61 Å². The molecule has 0 atom stereocenters. The number of carbonyl (C=O) groups is 1. The number of aliphatic hydroxyl groups is 2. The Bertz CT molecular complexity index is 331. The summed E-state index contributed by atoms with van der Waals surface area (Å²) in [6.07, 6.45) is 21.9. The summed E-state index contributed by atoms with van der Waals surface area (Å²) >= 11 is 0. The first-order valence-electron chi connectivity index (χ1n) is 10.3. The molecule has 0 aromatic heterocycles. The molecule has 2 N–H and O–H groups in total. The van der Waals surface area contributed by atoms with E-state index in [1.807, 2.05) is 0 Å². The van der Waals surface area contributed by atoms with Gasteiger partial charge >= 0.3 is 5.97 Å². The van der Waals surface area contributed by atoms with E-state index >= 15 is 0 Å². The van der Waals surface area contributed by atoms with Crippen LogP contribution in [-0.4, -0.2) is 28.6 Å². The highest BCUT2D eigenvalue weighted by Gasteiger charge is 2.28. The molecule has 0 spiro atoms. The summed E-state index contributed by atoms with van der Waals surface area (Å²) in [5.41, 5.74) is 0. The third-order valence-corrected chi connectivity index (χ3v) is 4.28. The molecule has 0 fully saturated rings. The Hall–Kier alpha value is -0.870. The predicted octanol–water partition coefficient (Wildman–Crippen LogP) is 5.27. The standard InChI is InChI=1S/C21H40O4/c1-3-4-5-6-7-8-9-10-11-12-13-14-15-16-17-18-19-25-20(22)21(2,23)24/h10-11,23-24H,3-9,12-19H2,1-2H3. The van der Waals surface area contributed by atoms with Crippen molar-refractivity contribution in [2.75, 3.05) is 6.61 Å². The van der Waals surface area contributed by atoms with Crippen LogP contribution in [0.2, 0.25) is 0 Å². The maximum Gasteiger partial charge on any atom is 0.366 e. The molecule has 25 heavy (non-hydrogen) atoms. The van der Waals surface area contributed by atoms with E-state index in [9.17, 15) is 4.79 Å². The number of carbonyl (C=O) groups excluding carboxylic acids is 1. The van der Waals surface area contributed by atoms with Crippen molar-refractivity contribution in [3.63, 3.8) is 0 Å². The molecule has 0 amide bonds. The van der Waals surface area contributed by atoms with Gasteiger partial charge in [-0.05, 0) is 32.1 Å². The molecule has 0 bridgehead atoms. The van der Waals surface area contributed by atoms with E-state index in [0.717, 1.165) is 26.2 Å². The van der Waals surface area contributed by atoms with Crippen molar-refractivity contribution in [2.45, 2.75) is 110 Å². The van der Waals surface area contributed by atoms with Crippen LogP contribution < -0.4 is 0 Å². The molecule has 0 heterocycles. The van der Waals surface area contributed by atoms with Crippen LogP contribution in [0.15, 0.2) is 12.2 Å². The van der Waals surface area contributed by atoms with Gasteiger partial charge in [-0.25, -0.2) is 4.79 Å². The molecule has 0 unspecified atom stereocenters. The minimum absolute atomic E-state index is 0.261. The maximum atomic E-state index is 11.1. The van der Waals surface area contributed by atoms with Crippen molar-refractivity contribution in [2.24, 2.45) is 0 Å². The molecule has 0 aliphatic carbocycles. The van der Waals surface area contributed by atoms with Crippen molar-refractivity contribution in [1.29, 1.82) is 0 Å². The molecule has 0 saturated carbocycles. The Labute approximate surface area is 154 Å². The van der Waals surface area contributed by atoms with Crippen LogP contribution in [-0.2, 0) is 9.53 Å². The minimum Gasteiger partial charge on any atom is -0.462 e. The summed E-state index contributed by atoms with van der Waals surface area (Å²) in [7, 11) is 0. The van der Waals surface area contributed by atoms with Crippen molar-refractivity contribution in [3.05, 3.63) is 12.2 Å². The Morgan fingerprint density at radius 3 is 1.72 bits per heavy atom. The van der Waals surface area contributed by atoms with Crippen molar-refractivity contribution >= 4 is 5.97 Å². The molecule has 4 nitrogen and oxygen atoms in total. The van der Waals surface area contributed by atoms with Gasteiger partial charge in [0.25, 0.3) is 5.79 Å². The molecule has 4 heteroatoms. The van der Waals surface area contributed by atoms with E-state index in [0.29, 0.717) is 0 Å². The van der Waals surface area contributed by atoms with E-state index in [1.54, 1.807) is 0 Å². The van der Waals surface area contributed by atoms with E-state index in [4.69, 9.17) is 14.9 Å². The lowest BCUT2D eigenvalue weighted by molar-refractivity contribution is -0.203. The van der Waals surface area contributed by atoms with Crippen molar-refractivity contribution in [1.82, 2.24) is 0 Å². The highest BCUT2D eigenvalue weighted by molar-refractivity contribution is 5.76. The summed E-state index contributed by atoms with van der Waals surface area (Å²) in [4.78, 5) is 11.1. The molecule has 0 radical (unpaired) electrons. The topological polar surface area (TPSA) is 66.8 Å². The van der Waals surface area contributed by atoms with Crippen LogP contribution >= 0.6 is 0 Å². The zero-order chi connectivity index (χ0) is 18.8. The molecule has 0 saturated heterocycles. The van der Waals surface area contributed by atoms with Gasteiger partial charge in [-0.2, -0.15) is 0 Å². The smallest absolute Gasteiger partial charge is 0.366 e. The van der Waals surface area contributed by atoms with Gasteiger partial charge in [0.2, 0.25) is 0 Å². The fourth-order valence-corrected chi connectivity index (χ4v) is 2.65. The van der Waals surface area contributed by atoms with E-state index in [-0.39, 0.29) is 6.61 Å².